The van der Waals surface area contributed by atoms with Crippen molar-refractivity contribution in [2.75, 3.05) is 19.6 Å². The van der Waals surface area contributed by atoms with E-state index in [1.54, 1.807) is 48.6 Å². The number of rotatable bonds is 2. The summed E-state index contributed by atoms with van der Waals surface area (Å²) < 4.78 is 1.64. The van der Waals surface area contributed by atoms with Crippen molar-refractivity contribution in [1.82, 2.24) is 24.6 Å². The van der Waals surface area contributed by atoms with Crippen molar-refractivity contribution in [2.45, 2.75) is 18.9 Å². The van der Waals surface area contributed by atoms with Crippen molar-refractivity contribution in [3.63, 3.8) is 0 Å². The van der Waals surface area contributed by atoms with E-state index in [0.29, 0.717) is 36.7 Å². The van der Waals surface area contributed by atoms with E-state index >= 15 is 0 Å². The van der Waals surface area contributed by atoms with Gasteiger partial charge in [-0.15, -0.1) is 0 Å². The van der Waals surface area contributed by atoms with Gasteiger partial charge in [0, 0.05) is 56.9 Å². The number of piperidine rings is 1. The number of nitrogens with zero attached hydrogens (tertiary/aromatic N) is 5. The van der Waals surface area contributed by atoms with E-state index in [2.05, 4.69) is 10.1 Å². The molecule has 0 radical (unpaired) electrons. The van der Waals surface area contributed by atoms with Gasteiger partial charge in [-0.25, -0.2) is 0 Å². The minimum atomic E-state index is 0.0148. The lowest BCUT2D eigenvalue weighted by Crippen LogP contribution is -2.47. The van der Waals surface area contributed by atoms with Crippen molar-refractivity contribution in [3.8, 4) is 0 Å². The first kappa shape index (κ1) is 15.8. The number of carbonyl (C=O) groups excluding carboxylic acids is 2. The summed E-state index contributed by atoms with van der Waals surface area (Å²) in [5, 5.41) is 4.10. The van der Waals surface area contributed by atoms with Crippen LogP contribution in [0.5, 0.6) is 0 Å². The molecule has 5 rings (SSSR count). The molecule has 0 spiro atoms. The van der Waals surface area contributed by atoms with Crippen LogP contribution in [-0.4, -0.2) is 62.1 Å². The van der Waals surface area contributed by atoms with Gasteiger partial charge >= 0.3 is 0 Å². The SMILES string of the molecule is Cn1cc(C(=O)N2CC3CCC2CN(C(=O)c2ccncc2)C3)cn1. The van der Waals surface area contributed by atoms with Gasteiger partial charge < -0.3 is 9.80 Å². The Labute approximate surface area is 146 Å². The molecular weight excluding hydrogens is 318 g/mol. The van der Waals surface area contributed by atoms with Gasteiger partial charge in [0.05, 0.1) is 11.8 Å². The van der Waals surface area contributed by atoms with Gasteiger partial charge in [-0.1, -0.05) is 0 Å². The van der Waals surface area contributed by atoms with Crippen LogP contribution in [0.15, 0.2) is 36.9 Å². The van der Waals surface area contributed by atoms with Gasteiger partial charge in [-0.3, -0.25) is 19.3 Å². The Hall–Kier alpha value is -2.70. The molecule has 3 fully saturated rings. The highest BCUT2D eigenvalue weighted by atomic mass is 16.2. The Morgan fingerprint density at radius 3 is 2.56 bits per heavy atom. The number of hydrogen-bond acceptors (Lipinski definition) is 4. The number of amides is 2. The molecule has 3 aliphatic rings. The molecule has 5 heterocycles. The minimum absolute atomic E-state index is 0.0148. The Balaban J connectivity index is 1.54. The van der Waals surface area contributed by atoms with E-state index in [-0.39, 0.29) is 17.9 Å². The average Bonchev–Trinajstić information content (AvgIpc) is 2.88. The molecule has 2 amide bonds. The predicted octanol–water partition coefficient (Wildman–Crippen LogP) is 1.19. The lowest BCUT2D eigenvalue weighted by atomic mass is 9.94. The Morgan fingerprint density at radius 2 is 1.84 bits per heavy atom. The quantitative estimate of drug-likeness (QED) is 0.824. The lowest BCUT2D eigenvalue weighted by Gasteiger charge is -2.35. The second-order valence-corrected chi connectivity index (χ2v) is 6.90. The first-order valence-corrected chi connectivity index (χ1v) is 8.60. The third kappa shape index (κ3) is 3.01. The summed E-state index contributed by atoms with van der Waals surface area (Å²) in [6, 6.07) is 3.55. The van der Waals surface area contributed by atoms with E-state index in [0.717, 1.165) is 12.8 Å². The maximum absolute atomic E-state index is 12.9. The third-order valence-corrected chi connectivity index (χ3v) is 5.14. The maximum Gasteiger partial charge on any atom is 0.257 e. The van der Waals surface area contributed by atoms with Crippen LogP contribution >= 0.6 is 0 Å². The summed E-state index contributed by atoms with van der Waals surface area (Å²) in [7, 11) is 1.81. The van der Waals surface area contributed by atoms with Gasteiger partial charge in [0.1, 0.15) is 0 Å². The minimum Gasteiger partial charge on any atom is -0.336 e. The van der Waals surface area contributed by atoms with Crippen LogP contribution in [-0.2, 0) is 7.05 Å². The zero-order valence-electron chi connectivity index (χ0n) is 14.2. The van der Waals surface area contributed by atoms with E-state index in [1.807, 2.05) is 9.80 Å². The van der Waals surface area contributed by atoms with Crippen LogP contribution in [0.3, 0.4) is 0 Å². The number of aromatic nitrogens is 3. The molecule has 0 aromatic carbocycles. The molecule has 2 bridgehead atoms. The summed E-state index contributed by atoms with van der Waals surface area (Å²) in [4.78, 5) is 33.5. The Morgan fingerprint density at radius 1 is 1.04 bits per heavy atom. The van der Waals surface area contributed by atoms with Gasteiger partial charge in [0.2, 0.25) is 0 Å². The fourth-order valence-corrected chi connectivity index (χ4v) is 3.87. The standard InChI is InChI=1S/C18H21N5O2/c1-21-11-15(8-20-21)18(25)23-10-13-2-3-16(23)12-22(9-13)17(24)14-4-6-19-7-5-14/h4-8,11,13,16H,2-3,9-10,12H2,1H3. The number of fused-ring (bicyclic) bond motifs is 4. The van der Waals surface area contributed by atoms with Crippen molar-refractivity contribution in [2.24, 2.45) is 13.0 Å². The van der Waals surface area contributed by atoms with Crippen LogP contribution < -0.4 is 0 Å². The van der Waals surface area contributed by atoms with Gasteiger partial charge in [-0.2, -0.15) is 5.10 Å². The monoisotopic (exact) mass is 339 g/mol. The number of pyridine rings is 1. The third-order valence-electron chi connectivity index (χ3n) is 5.14. The molecule has 0 saturated carbocycles. The molecule has 130 valence electrons. The van der Waals surface area contributed by atoms with Crippen molar-refractivity contribution in [3.05, 3.63) is 48.0 Å². The topological polar surface area (TPSA) is 71.3 Å². The zero-order chi connectivity index (χ0) is 17.4. The molecule has 2 unspecified atom stereocenters. The summed E-state index contributed by atoms with van der Waals surface area (Å²) in [6.45, 7) is 2.00. The van der Waals surface area contributed by atoms with Crippen LogP contribution in [0.4, 0.5) is 0 Å². The van der Waals surface area contributed by atoms with Crippen molar-refractivity contribution >= 4 is 11.8 Å². The second-order valence-electron chi connectivity index (χ2n) is 6.90. The van der Waals surface area contributed by atoms with Gasteiger partial charge in [-0.05, 0) is 30.9 Å². The summed E-state index contributed by atoms with van der Waals surface area (Å²) in [5.74, 6) is 0.362. The summed E-state index contributed by atoms with van der Waals surface area (Å²) >= 11 is 0. The van der Waals surface area contributed by atoms with Crippen LogP contribution in [0.25, 0.3) is 0 Å². The van der Waals surface area contributed by atoms with Crippen LogP contribution in [0.1, 0.15) is 33.6 Å². The highest BCUT2D eigenvalue weighted by molar-refractivity contribution is 5.95. The number of aryl methyl sites for hydroxylation is 1. The van der Waals surface area contributed by atoms with E-state index in [4.69, 9.17) is 0 Å². The Kier molecular flexibility index (Phi) is 3.99. The maximum atomic E-state index is 12.9. The van der Waals surface area contributed by atoms with Crippen LogP contribution in [0.2, 0.25) is 0 Å². The first-order chi connectivity index (χ1) is 12.1. The lowest BCUT2D eigenvalue weighted by molar-refractivity contribution is 0.0574. The normalized spacial score (nSPS) is 22.8. The molecule has 3 aliphatic heterocycles. The van der Waals surface area contributed by atoms with Gasteiger partial charge in [0.25, 0.3) is 11.8 Å². The fourth-order valence-electron chi connectivity index (χ4n) is 3.87. The number of hydrogen-bond donors (Lipinski definition) is 0. The van der Waals surface area contributed by atoms with Crippen LogP contribution in [0, 0.1) is 5.92 Å². The van der Waals surface area contributed by atoms with E-state index < -0.39 is 0 Å². The smallest absolute Gasteiger partial charge is 0.257 e. The first-order valence-electron chi connectivity index (χ1n) is 8.60. The van der Waals surface area contributed by atoms with E-state index in [9.17, 15) is 9.59 Å². The van der Waals surface area contributed by atoms with E-state index in [1.165, 1.54) is 0 Å². The molecule has 3 saturated heterocycles. The highest BCUT2D eigenvalue weighted by Gasteiger charge is 2.39. The molecule has 0 N–H and O–H groups in total. The molecule has 7 nitrogen and oxygen atoms in total. The summed E-state index contributed by atoms with van der Waals surface area (Å²) in [6.07, 6.45) is 8.63. The van der Waals surface area contributed by atoms with Crippen molar-refractivity contribution < 1.29 is 9.59 Å². The number of carbonyl (C=O) groups is 2. The van der Waals surface area contributed by atoms with Crippen molar-refractivity contribution in [1.29, 1.82) is 0 Å². The summed E-state index contributed by atoms with van der Waals surface area (Å²) in [5.41, 5.74) is 1.27. The van der Waals surface area contributed by atoms with Gasteiger partial charge in [0.15, 0.2) is 0 Å². The Bertz CT molecular complexity index is 788. The zero-order valence-corrected chi connectivity index (χ0v) is 14.2. The highest BCUT2D eigenvalue weighted by Crippen LogP contribution is 2.29. The molecule has 0 aliphatic carbocycles. The second kappa shape index (κ2) is 6.31. The molecular formula is C18H21N5O2. The predicted molar refractivity (Wildman–Crippen MR) is 90.9 cm³/mol. The molecule has 7 heteroatoms. The molecule has 2 aromatic heterocycles. The molecule has 2 atom stereocenters. The fraction of sp³-hybridized carbons (Fsp3) is 0.444. The molecule has 25 heavy (non-hydrogen) atoms. The molecule has 2 aromatic rings. The average molecular weight is 339 g/mol. The largest absolute Gasteiger partial charge is 0.336 e.